The number of hydrogen-bond acceptors (Lipinski definition) is 6. The lowest BCUT2D eigenvalue weighted by atomic mass is 9.94. The summed E-state index contributed by atoms with van der Waals surface area (Å²) in [6.07, 6.45) is -3.45. The number of benzene rings is 1. The second kappa shape index (κ2) is 12.0. The fourth-order valence-electron chi connectivity index (χ4n) is 4.83. The number of carbonyl (C=O) groups excluding carboxylic acids is 3. The molecule has 0 aliphatic carbocycles. The second-order valence-corrected chi connectivity index (χ2v) is 10.7. The predicted octanol–water partition coefficient (Wildman–Crippen LogP) is 2.31. The van der Waals surface area contributed by atoms with E-state index in [4.69, 9.17) is 0 Å². The Bertz CT molecular complexity index is 1210. The van der Waals surface area contributed by atoms with Gasteiger partial charge < -0.3 is 25.7 Å². The number of carbonyl (C=O) groups is 3. The first-order valence-electron chi connectivity index (χ1n) is 13.1. The summed E-state index contributed by atoms with van der Waals surface area (Å²) >= 11 is 0. The van der Waals surface area contributed by atoms with Gasteiger partial charge in [-0.2, -0.15) is 18.3 Å². The number of para-hydroxylation sites is 1. The molecule has 1 aromatic carbocycles. The Kier molecular flexibility index (Phi) is 9.30. The van der Waals surface area contributed by atoms with Crippen molar-refractivity contribution >= 4 is 17.7 Å². The molecule has 2 heterocycles. The third-order valence-corrected chi connectivity index (χ3v) is 7.13. The van der Waals surface area contributed by atoms with E-state index in [1.165, 1.54) is 24.9 Å². The molecule has 10 nitrogen and oxygen atoms in total. The number of aromatic nitrogens is 2. The van der Waals surface area contributed by atoms with E-state index < -0.39 is 53.7 Å². The molecule has 4 N–H and O–H groups in total. The molecule has 0 radical (unpaired) electrons. The topological polar surface area (TPSA) is 137 Å². The van der Waals surface area contributed by atoms with Crippen LogP contribution in [0.2, 0.25) is 0 Å². The van der Waals surface area contributed by atoms with Crippen LogP contribution in [0.4, 0.5) is 13.2 Å². The Balaban J connectivity index is 1.78. The van der Waals surface area contributed by atoms with Gasteiger partial charge in [-0.15, -0.1) is 0 Å². The third-order valence-electron chi connectivity index (χ3n) is 7.13. The van der Waals surface area contributed by atoms with Crippen LogP contribution < -0.4 is 10.6 Å². The molecule has 1 fully saturated rings. The Hall–Kier alpha value is -3.45. The van der Waals surface area contributed by atoms with Gasteiger partial charge in [-0.25, -0.2) is 4.68 Å². The van der Waals surface area contributed by atoms with Crippen molar-refractivity contribution in [3.63, 3.8) is 0 Å². The van der Waals surface area contributed by atoms with Gasteiger partial charge in [0.05, 0.1) is 29.2 Å². The number of aliphatic hydroxyl groups is 2. The summed E-state index contributed by atoms with van der Waals surface area (Å²) in [5.74, 6) is -7.58. The summed E-state index contributed by atoms with van der Waals surface area (Å²) in [5, 5.41) is 28.7. The minimum atomic E-state index is -5.42. The molecule has 1 saturated heterocycles. The summed E-state index contributed by atoms with van der Waals surface area (Å²) in [6, 6.07) is 4.93. The monoisotopic (exact) mass is 567 g/mol. The molecule has 0 saturated carbocycles. The number of likely N-dealkylation sites (tertiary alicyclic amines) is 1. The van der Waals surface area contributed by atoms with E-state index in [1.807, 2.05) is 30.3 Å². The summed E-state index contributed by atoms with van der Waals surface area (Å²) in [7, 11) is 0. The summed E-state index contributed by atoms with van der Waals surface area (Å²) < 4.78 is 41.5. The predicted molar refractivity (Wildman–Crippen MR) is 139 cm³/mol. The van der Waals surface area contributed by atoms with Gasteiger partial charge in [-0.1, -0.05) is 45.9 Å². The highest BCUT2D eigenvalue weighted by Crippen LogP contribution is 2.34. The summed E-state index contributed by atoms with van der Waals surface area (Å²) in [4.78, 5) is 41.1. The van der Waals surface area contributed by atoms with Crippen LogP contribution in [0.1, 0.15) is 56.6 Å². The molecule has 1 aliphatic rings. The molecule has 40 heavy (non-hydrogen) atoms. The fourth-order valence-corrected chi connectivity index (χ4v) is 4.83. The van der Waals surface area contributed by atoms with Crippen molar-refractivity contribution in [1.82, 2.24) is 25.3 Å². The van der Waals surface area contributed by atoms with Gasteiger partial charge in [0, 0.05) is 6.54 Å². The minimum absolute atomic E-state index is 0.149. The Morgan fingerprint density at radius 2 is 1.65 bits per heavy atom. The molecule has 0 bridgehead atoms. The molecule has 13 heteroatoms. The fraction of sp³-hybridized carbons (Fsp3) is 0.556. The Morgan fingerprint density at radius 1 is 1.02 bits per heavy atom. The number of amides is 3. The van der Waals surface area contributed by atoms with Crippen molar-refractivity contribution in [3.05, 3.63) is 47.8 Å². The molecule has 3 amide bonds. The molecule has 220 valence electrons. The third kappa shape index (κ3) is 6.30. The van der Waals surface area contributed by atoms with Crippen molar-refractivity contribution in [3.8, 4) is 5.69 Å². The van der Waals surface area contributed by atoms with Crippen LogP contribution in [-0.4, -0.2) is 79.2 Å². The molecule has 1 aliphatic heterocycles. The van der Waals surface area contributed by atoms with Crippen LogP contribution in [0.5, 0.6) is 0 Å². The Labute approximate surface area is 230 Å². The first kappa shape index (κ1) is 31.1. The standard InChI is InChI=1S/C27H36F3N5O5/c1-15(2)21(32-23(36)19-14-31-35(17(19)5)18-10-7-6-8-11-18)25(38)34-13-9-12-20(34)24(37)33-22(16(3)4)26(39,40)27(28,29)30/h6-8,10-11,14-16,20-22,39-40H,9,12-13H2,1-5H3,(H,32,36)(H,33,37)/t20-,21-,22?/m0/s1. The highest BCUT2D eigenvalue weighted by molar-refractivity contribution is 5.99. The van der Waals surface area contributed by atoms with E-state index in [9.17, 15) is 37.8 Å². The number of alkyl halides is 3. The Morgan fingerprint density at radius 3 is 2.20 bits per heavy atom. The van der Waals surface area contributed by atoms with E-state index in [2.05, 4.69) is 15.7 Å². The molecule has 1 aromatic heterocycles. The number of hydrogen-bond donors (Lipinski definition) is 4. The van der Waals surface area contributed by atoms with E-state index in [1.54, 1.807) is 25.5 Å². The lowest BCUT2D eigenvalue weighted by Crippen LogP contribution is -2.65. The quantitative estimate of drug-likeness (QED) is 0.344. The zero-order valence-electron chi connectivity index (χ0n) is 23.1. The maximum absolute atomic E-state index is 13.6. The van der Waals surface area contributed by atoms with Crippen molar-refractivity contribution in [2.45, 2.75) is 77.5 Å². The number of nitrogens with zero attached hydrogens (tertiary/aromatic N) is 3. The van der Waals surface area contributed by atoms with Crippen LogP contribution in [0.3, 0.4) is 0 Å². The van der Waals surface area contributed by atoms with Crippen molar-refractivity contribution in [2.24, 2.45) is 11.8 Å². The largest absolute Gasteiger partial charge is 0.445 e. The summed E-state index contributed by atoms with van der Waals surface area (Å²) in [5.41, 5.74) is 1.56. The van der Waals surface area contributed by atoms with Gasteiger partial charge in [0.1, 0.15) is 12.1 Å². The first-order valence-corrected chi connectivity index (χ1v) is 13.1. The number of rotatable bonds is 9. The zero-order chi connectivity index (χ0) is 30.0. The van der Waals surface area contributed by atoms with E-state index >= 15 is 0 Å². The van der Waals surface area contributed by atoms with Gasteiger partial charge in [0.2, 0.25) is 11.8 Å². The highest BCUT2D eigenvalue weighted by atomic mass is 19.4. The van der Waals surface area contributed by atoms with Crippen molar-refractivity contribution < 1.29 is 37.8 Å². The smallest absolute Gasteiger partial charge is 0.357 e. The van der Waals surface area contributed by atoms with Crippen LogP contribution in [-0.2, 0) is 9.59 Å². The van der Waals surface area contributed by atoms with Gasteiger partial charge in [0.25, 0.3) is 11.7 Å². The molecule has 3 rings (SSSR count). The SMILES string of the molecule is Cc1c(C(=O)N[C@H](C(=O)N2CCC[C@H]2C(=O)NC(C(C)C)C(O)(O)C(F)(F)F)C(C)C)cnn1-c1ccccc1. The average Bonchev–Trinajstić information content (AvgIpc) is 3.51. The number of halogens is 3. The van der Waals surface area contributed by atoms with Crippen LogP contribution >= 0.6 is 0 Å². The van der Waals surface area contributed by atoms with Gasteiger partial charge in [-0.3, -0.25) is 14.4 Å². The van der Waals surface area contributed by atoms with Gasteiger partial charge >= 0.3 is 6.18 Å². The molecule has 0 spiro atoms. The lowest BCUT2D eigenvalue weighted by Gasteiger charge is -2.37. The maximum Gasteiger partial charge on any atom is 0.445 e. The van der Waals surface area contributed by atoms with E-state index in [0.717, 1.165) is 5.69 Å². The van der Waals surface area contributed by atoms with E-state index in [-0.39, 0.29) is 24.4 Å². The molecule has 1 unspecified atom stereocenters. The van der Waals surface area contributed by atoms with Gasteiger partial charge in [0.15, 0.2) is 0 Å². The van der Waals surface area contributed by atoms with Crippen molar-refractivity contribution in [1.29, 1.82) is 0 Å². The summed E-state index contributed by atoms with van der Waals surface area (Å²) in [6.45, 7) is 7.92. The number of nitrogens with one attached hydrogen (secondary N) is 2. The zero-order valence-corrected chi connectivity index (χ0v) is 23.1. The first-order chi connectivity index (χ1) is 18.6. The maximum atomic E-state index is 13.6. The second-order valence-electron chi connectivity index (χ2n) is 10.7. The van der Waals surface area contributed by atoms with E-state index in [0.29, 0.717) is 12.1 Å². The minimum Gasteiger partial charge on any atom is -0.357 e. The molecular weight excluding hydrogens is 531 g/mol. The molecular formula is C27H36F3N5O5. The van der Waals surface area contributed by atoms with Crippen molar-refractivity contribution in [2.75, 3.05) is 6.54 Å². The average molecular weight is 568 g/mol. The lowest BCUT2D eigenvalue weighted by molar-refractivity contribution is -0.362. The molecule has 2 aromatic rings. The van der Waals surface area contributed by atoms with Crippen LogP contribution in [0, 0.1) is 18.8 Å². The highest BCUT2D eigenvalue weighted by Gasteiger charge is 2.59. The normalized spacial score (nSPS) is 17.7. The van der Waals surface area contributed by atoms with Crippen LogP contribution in [0.15, 0.2) is 36.5 Å². The van der Waals surface area contributed by atoms with Crippen LogP contribution in [0.25, 0.3) is 5.69 Å². The van der Waals surface area contributed by atoms with Gasteiger partial charge in [-0.05, 0) is 43.7 Å². The molecule has 3 atom stereocenters.